The number of anilines is 2. The van der Waals surface area contributed by atoms with E-state index in [2.05, 4.69) is 10.3 Å². The van der Waals surface area contributed by atoms with Gasteiger partial charge >= 0.3 is 0 Å². The fourth-order valence-corrected chi connectivity index (χ4v) is 3.37. The maximum Gasteiger partial charge on any atom is 0.248 e. The van der Waals surface area contributed by atoms with Gasteiger partial charge in [-0.15, -0.1) is 0 Å². The third-order valence-corrected chi connectivity index (χ3v) is 4.85. The van der Waals surface area contributed by atoms with Gasteiger partial charge < -0.3 is 10.2 Å². The second-order valence-corrected chi connectivity index (χ2v) is 6.67. The lowest BCUT2D eigenvalue weighted by Crippen LogP contribution is -2.33. The van der Waals surface area contributed by atoms with Crippen molar-refractivity contribution in [3.05, 3.63) is 60.2 Å². The first-order valence-electron chi connectivity index (χ1n) is 9.05. The van der Waals surface area contributed by atoms with E-state index in [1.165, 1.54) is 31.4 Å². The van der Waals surface area contributed by atoms with Crippen LogP contribution in [0.3, 0.4) is 0 Å². The van der Waals surface area contributed by atoms with Crippen molar-refractivity contribution in [1.29, 1.82) is 0 Å². The second kappa shape index (κ2) is 8.61. The molecule has 136 valence electrons. The summed E-state index contributed by atoms with van der Waals surface area (Å²) in [5, 5.41) is 2.70. The molecular formula is C21H24FN3O. The van der Waals surface area contributed by atoms with E-state index in [1.54, 1.807) is 42.7 Å². The van der Waals surface area contributed by atoms with Gasteiger partial charge in [-0.1, -0.05) is 19.3 Å². The van der Waals surface area contributed by atoms with Crippen molar-refractivity contribution in [1.82, 2.24) is 4.98 Å². The number of hydrogen-bond donors (Lipinski definition) is 1. The average molecular weight is 353 g/mol. The normalized spacial score (nSPS) is 15.2. The Hall–Kier alpha value is -2.69. The molecule has 0 unspecified atom stereocenters. The summed E-state index contributed by atoms with van der Waals surface area (Å²) in [6.07, 6.45) is 12.3. The third-order valence-electron chi connectivity index (χ3n) is 4.85. The van der Waals surface area contributed by atoms with Gasteiger partial charge in [0.05, 0.1) is 5.69 Å². The zero-order chi connectivity index (χ0) is 18.4. The van der Waals surface area contributed by atoms with Gasteiger partial charge in [0, 0.05) is 37.2 Å². The van der Waals surface area contributed by atoms with Crippen LogP contribution in [0.2, 0.25) is 0 Å². The van der Waals surface area contributed by atoms with Crippen LogP contribution >= 0.6 is 0 Å². The molecule has 0 aliphatic heterocycles. The molecule has 1 N–H and O–H groups in total. The van der Waals surface area contributed by atoms with Crippen LogP contribution in [0.15, 0.2) is 48.8 Å². The molecule has 1 saturated carbocycles. The largest absolute Gasteiger partial charge is 0.369 e. The van der Waals surface area contributed by atoms with Gasteiger partial charge in [-0.05, 0) is 54.8 Å². The van der Waals surface area contributed by atoms with Gasteiger partial charge in [0.1, 0.15) is 5.82 Å². The number of nitrogens with one attached hydrogen (secondary N) is 1. The Bertz CT molecular complexity index is 770. The molecule has 1 aromatic heterocycles. The lowest BCUT2D eigenvalue weighted by Gasteiger charge is -2.33. The highest BCUT2D eigenvalue weighted by molar-refractivity contribution is 6.02. The smallest absolute Gasteiger partial charge is 0.248 e. The Kier molecular flexibility index (Phi) is 6.00. The van der Waals surface area contributed by atoms with Crippen LogP contribution in [0.25, 0.3) is 6.08 Å². The molecule has 1 heterocycles. The number of benzene rings is 1. The molecule has 1 aliphatic carbocycles. The van der Waals surface area contributed by atoms with E-state index in [9.17, 15) is 9.18 Å². The van der Waals surface area contributed by atoms with Crippen LogP contribution in [-0.4, -0.2) is 24.0 Å². The molecular weight excluding hydrogens is 329 g/mol. The lowest BCUT2D eigenvalue weighted by atomic mass is 9.94. The van der Waals surface area contributed by atoms with E-state index in [1.807, 2.05) is 11.9 Å². The van der Waals surface area contributed by atoms with Crippen molar-refractivity contribution in [2.45, 2.75) is 38.1 Å². The standard InChI is InChI=1S/C21H24FN3O/c1-25(18-5-3-2-4-6-18)20-9-8-17(15-19(20)22)24-21(26)10-7-16-11-13-23-14-12-16/h7-15,18H,2-6H2,1H3,(H,24,26). The molecule has 4 nitrogen and oxygen atoms in total. The summed E-state index contributed by atoms with van der Waals surface area (Å²) in [4.78, 5) is 18.0. The topological polar surface area (TPSA) is 45.2 Å². The molecule has 5 heteroatoms. The maximum absolute atomic E-state index is 14.5. The van der Waals surface area contributed by atoms with E-state index in [4.69, 9.17) is 0 Å². The first-order valence-corrected chi connectivity index (χ1v) is 9.05. The third kappa shape index (κ3) is 4.69. The summed E-state index contributed by atoms with van der Waals surface area (Å²) in [5.74, 6) is -0.608. The van der Waals surface area contributed by atoms with E-state index in [0.717, 1.165) is 18.4 Å². The highest BCUT2D eigenvalue weighted by atomic mass is 19.1. The number of nitrogens with zero attached hydrogens (tertiary/aromatic N) is 2. The van der Waals surface area contributed by atoms with Crippen LogP contribution in [0.5, 0.6) is 0 Å². The predicted molar refractivity (Wildman–Crippen MR) is 104 cm³/mol. The van der Waals surface area contributed by atoms with Crippen LogP contribution in [0.1, 0.15) is 37.7 Å². The molecule has 2 aromatic rings. The van der Waals surface area contributed by atoms with Crippen LogP contribution in [-0.2, 0) is 4.79 Å². The lowest BCUT2D eigenvalue weighted by molar-refractivity contribution is -0.111. The molecule has 0 atom stereocenters. The number of hydrogen-bond acceptors (Lipinski definition) is 3. The summed E-state index contributed by atoms with van der Waals surface area (Å²) in [7, 11) is 1.95. The van der Waals surface area contributed by atoms with Crippen LogP contribution < -0.4 is 10.2 Å². The van der Waals surface area contributed by atoms with E-state index >= 15 is 0 Å². The molecule has 1 fully saturated rings. The molecule has 0 radical (unpaired) electrons. The molecule has 0 spiro atoms. The monoisotopic (exact) mass is 353 g/mol. The minimum absolute atomic E-state index is 0.297. The minimum atomic E-state index is -0.311. The van der Waals surface area contributed by atoms with E-state index in [-0.39, 0.29) is 11.7 Å². The fourth-order valence-electron chi connectivity index (χ4n) is 3.37. The summed E-state index contributed by atoms with van der Waals surface area (Å²) in [6.45, 7) is 0. The van der Waals surface area contributed by atoms with Crippen molar-refractivity contribution >= 4 is 23.4 Å². The van der Waals surface area contributed by atoms with Crippen LogP contribution in [0.4, 0.5) is 15.8 Å². The summed E-state index contributed by atoms with van der Waals surface area (Å²) in [5.41, 5.74) is 1.92. The number of rotatable bonds is 5. The molecule has 0 bridgehead atoms. The Balaban J connectivity index is 1.63. The fraction of sp³-hybridized carbons (Fsp3) is 0.333. The maximum atomic E-state index is 14.5. The average Bonchev–Trinajstić information content (AvgIpc) is 2.67. The van der Waals surface area contributed by atoms with Gasteiger partial charge in [0.2, 0.25) is 5.91 Å². The molecule has 1 aromatic carbocycles. The van der Waals surface area contributed by atoms with Crippen molar-refractivity contribution in [2.24, 2.45) is 0 Å². The highest BCUT2D eigenvalue weighted by Gasteiger charge is 2.20. The summed E-state index contributed by atoms with van der Waals surface area (Å²) < 4.78 is 14.5. The summed E-state index contributed by atoms with van der Waals surface area (Å²) >= 11 is 0. The quantitative estimate of drug-likeness (QED) is 0.797. The Morgan fingerprint density at radius 3 is 2.62 bits per heavy atom. The number of amides is 1. The first-order chi connectivity index (χ1) is 12.6. The van der Waals surface area contributed by atoms with Gasteiger partial charge in [0.15, 0.2) is 0 Å². The number of pyridine rings is 1. The van der Waals surface area contributed by atoms with Crippen LogP contribution in [0, 0.1) is 5.82 Å². The van der Waals surface area contributed by atoms with Crippen molar-refractivity contribution in [2.75, 3.05) is 17.3 Å². The first kappa shape index (κ1) is 18.1. The molecule has 1 amide bonds. The predicted octanol–water partition coefficient (Wildman–Crippen LogP) is 4.64. The minimum Gasteiger partial charge on any atom is -0.369 e. The Labute approximate surface area is 153 Å². The second-order valence-electron chi connectivity index (χ2n) is 6.67. The molecule has 26 heavy (non-hydrogen) atoms. The highest BCUT2D eigenvalue weighted by Crippen LogP contribution is 2.29. The summed E-state index contributed by atoms with van der Waals surface area (Å²) in [6, 6.07) is 8.87. The number of carbonyl (C=O) groups is 1. The van der Waals surface area contributed by atoms with E-state index < -0.39 is 0 Å². The number of aromatic nitrogens is 1. The molecule has 0 saturated heterocycles. The van der Waals surface area contributed by atoms with Crippen molar-refractivity contribution in [3.63, 3.8) is 0 Å². The molecule has 1 aliphatic rings. The van der Waals surface area contributed by atoms with Gasteiger partial charge in [-0.25, -0.2) is 4.39 Å². The van der Waals surface area contributed by atoms with Gasteiger partial charge in [0.25, 0.3) is 0 Å². The van der Waals surface area contributed by atoms with Crippen molar-refractivity contribution in [3.8, 4) is 0 Å². The van der Waals surface area contributed by atoms with E-state index in [0.29, 0.717) is 17.4 Å². The zero-order valence-electron chi connectivity index (χ0n) is 15.0. The SMILES string of the molecule is CN(c1ccc(NC(=O)C=Cc2ccncc2)cc1F)C1CCCCC1. The number of carbonyl (C=O) groups excluding carboxylic acids is 1. The molecule has 3 rings (SSSR count). The van der Waals surface area contributed by atoms with Gasteiger partial charge in [-0.2, -0.15) is 0 Å². The number of halogens is 1. The Morgan fingerprint density at radius 2 is 1.92 bits per heavy atom. The zero-order valence-corrected chi connectivity index (χ0v) is 15.0. The van der Waals surface area contributed by atoms with Crippen molar-refractivity contribution < 1.29 is 9.18 Å². The Morgan fingerprint density at radius 1 is 1.19 bits per heavy atom. The van der Waals surface area contributed by atoms with Gasteiger partial charge in [-0.3, -0.25) is 9.78 Å².